The molecule has 19 heavy (non-hydrogen) atoms. The lowest BCUT2D eigenvalue weighted by molar-refractivity contribution is -0.00249. The highest BCUT2D eigenvalue weighted by molar-refractivity contribution is 5.53. The van der Waals surface area contributed by atoms with Crippen molar-refractivity contribution in [1.82, 2.24) is 0 Å². The maximum atomic E-state index is 10.4. The third-order valence-corrected chi connectivity index (χ3v) is 3.58. The molecule has 2 atom stereocenters. The van der Waals surface area contributed by atoms with Crippen molar-refractivity contribution in [3.8, 4) is 23.8 Å². The first-order chi connectivity index (χ1) is 9.08. The minimum absolute atomic E-state index is 0.310. The number of ether oxygens (including phenoxy) is 3. The van der Waals surface area contributed by atoms with Crippen LogP contribution in [0, 0.1) is 12.3 Å². The van der Waals surface area contributed by atoms with Gasteiger partial charge in [0.05, 0.1) is 20.3 Å². The van der Waals surface area contributed by atoms with Gasteiger partial charge in [0.2, 0.25) is 0 Å². The van der Waals surface area contributed by atoms with Gasteiger partial charge >= 0.3 is 0 Å². The molecular weight excluding hydrogens is 244 g/mol. The van der Waals surface area contributed by atoms with E-state index in [1.54, 1.807) is 21.3 Å². The monoisotopic (exact) mass is 262 g/mol. The highest BCUT2D eigenvalue weighted by Gasteiger charge is 2.39. The van der Waals surface area contributed by atoms with Crippen molar-refractivity contribution < 1.29 is 19.3 Å². The summed E-state index contributed by atoms with van der Waals surface area (Å²) in [5, 5.41) is 10.4. The molecule has 0 spiro atoms. The van der Waals surface area contributed by atoms with Crippen molar-refractivity contribution in [2.24, 2.45) is 0 Å². The van der Waals surface area contributed by atoms with Crippen LogP contribution in [0.15, 0.2) is 12.1 Å². The predicted molar refractivity (Wildman–Crippen MR) is 71.4 cm³/mol. The van der Waals surface area contributed by atoms with E-state index in [1.807, 2.05) is 12.1 Å². The minimum Gasteiger partial charge on any atom is -0.496 e. The van der Waals surface area contributed by atoms with Crippen molar-refractivity contribution in [1.29, 1.82) is 0 Å². The van der Waals surface area contributed by atoms with Gasteiger partial charge in [-0.2, -0.15) is 0 Å². The van der Waals surface area contributed by atoms with E-state index < -0.39 is 5.60 Å². The molecule has 0 amide bonds. The fourth-order valence-corrected chi connectivity index (χ4v) is 2.61. The summed E-state index contributed by atoms with van der Waals surface area (Å²) in [7, 11) is 4.79. The van der Waals surface area contributed by atoms with E-state index in [0.29, 0.717) is 18.6 Å². The molecule has 0 fully saturated rings. The summed E-state index contributed by atoms with van der Waals surface area (Å²) in [5.41, 5.74) is 0.539. The van der Waals surface area contributed by atoms with Gasteiger partial charge in [0, 0.05) is 31.1 Å². The Morgan fingerprint density at radius 1 is 1.26 bits per heavy atom. The molecule has 0 aliphatic heterocycles. The average molecular weight is 262 g/mol. The number of benzene rings is 1. The van der Waals surface area contributed by atoms with Crippen molar-refractivity contribution in [2.45, 2.75) is 24.5 Å². The zero-order chi connectivity index (χ0) is 14.0. The van der Waals surface area contributed by atoms with Crippen molar-refractivity contribution in [3.05, 3.63) is 23.3 Å². The molecule has 0 unspecified atom stereocenters. The van der Waals surface area contributed by atoms with E-state index in [1.165, 1.54) is 0 Å². The second kappa shape index (κ2) is 5.12. The Kier molecular flexibility index (Phi) is 3.70. The zero-order valence-corrected chi connectivity index (χ0v) is 11.4. The Bertz CT molecular complexity index is 518. The van der Waals surface area contributed by atoms with Gasteiger partial charge in [-0.15, -0.1) is 6.42 Å². The third kappa shape index (κ3) is 2.27. The molecule has 1 aliphatic carbocycles. The molecule has 1 aliphatic rings. The Morgan fingerprint density at radius 3 is 2.42 bits per heavy atom. The van der Waals surface area contributed by atoms with Crippen LogP contribution in [0.3, 0.4) is 0 Å². The fraction of sp³-hybridized carbons (Fsp3) is 0.467. The second-order valence-corrected chi connectivity index (χ2v) is 4.64. The molecule has 102 valence electrons. The first kappa shape index (κ1) is 13.7. The SMILES string of the molecule is C#C[C@]1(O)Cc2c(OC)ccc(OC)c2[C@@H](OC)C1. The van der Waals surface area contributed by atoms with E-state index in [-0.39, 0.29) is 6.10 Å². The average Bonchev–Trinajstić information content (AvgIpc) is 2.45. The number of methoxy groups -OCH3 is 3. The number of rotatable bonds is 3. The number of fused-ring (bicyclic) bond motifs is 1. The number of aliphatic hydroxyl groups is 1. The van der Waals surface area contributed by atoms with Gasteiger partial charge in [0.15, 0.2) is 0 Å². The van der Waals surface area contributed by atoms with E-state index in [2.05, 4.69) is 5.92 Å². The normalized spacial score (nSPS) is 25.3. The van der Waals surface area contributed by atoms with Crippen LogP contribution >= 0.6 is 0 Å². The topological polar surface area (TPSA) is 47.9 Å². The number of terminal acetylenes is 1. The molecular formula is C15H18O4. The van der Waals surface area contributed by atoms with E-state index in [0.717, 1.165) is 16.9 Å². The highest BCUT2D eigenvalue weighted by atomic mass is 16.5. The van der Waals surface area contributed by atoms with Crippen molar-refractivity contribution >= 4 is 0 Å². The Balaban J connectivity index is 2.63. The molecule has 0 saturated carbocycles. The molecule has 4 nitrogen and oxygen atoms in total. The van der Waals surface area contributed by atoms with Crippen LogP contribution < -0.4 is 9.47 Å². The lowest BCUT2D eigenvalue weighted by Crippen LogP contribution is -2.37. The van der Waals surface area contributed by atoms with Gasteiger partial charge in [-0.1, -0.05) is 5.92 Å². The summed E-state index contributed by atoms with van der Waals surface area (Å²) in [6, 6.07) is 3.65. The summed E-state index contributed by atoms with van der Waals surface area (Å²) in [4.78, 5) is 0. The molecule has 0 bridgehead atoms. The van der Waals surface area contributed by atoms with Crippen LogP contribution in [0.4, 0.5) is 0 Å². The summed E-state index contributed by atoms with van der Waals surface area (Å²) >= 11 is 0. The summed E-state index contributed by atoms with van der Waals surface area (Å²) in [6.07, 6.45) is 5.81. The van der Waals surface area contributed by atoms with Crippen LogP contribution in [0.25, 0.3) is 0 Å². The molecule has 0 saturated heterocycles. The van der Waals surface area contributed by atoms with Gasteiger partial charge in [-0.3, -0.25) is 0 Å². The molecule has 1 aromatic carbocycles. The van der Waals surface area contributed by atoms with Gasteiger partial charge < -0.3 is 19.3 Å². The highest BCUT2D eigenvalue weighted by Crippen LogP contribution is 2.45. The van der Waals surface area contributed by atoms with E-state index in [4.69, 9.17) is 20.6 Å². The van der Waals surface area contributed by atoms with Gasteiger partial charge in [0.25, 0.3) is 0 Å². The summed E-state index contributed by atoms with van der Waals surface area (Å²) in [5.74, 6) is 3.86. The lowest BCUT2D eigenvalue weighted by atomic mass is 9.78. The predicted octanol–water partition coefficient (Wildman–Crippen LogP) is 1.70. The molecule has 1 N–H and O–H groups in total. The quantitative estimate of drug-likeness (QED) is 0.842. The maximum absolute atomic E-state index is 10.4. The third-order valence-electron chi connectivity index (χ3n) is 3.58. The minimum atomic E-state index is -1.21. The first-order valence-corrected chi connectivity index (χ1v) is 6.05. The molecule has 0 radical (unpaired) electrons. The van der Waals surface area contributed by atoms with Crippen LogP contribution in [-0.4, -0.2) is 32.0 Å². The number of hydrogen-bond acceptors (Lipinski definition) is 4. The van der Waals surface area contributed by atoms with Crippen LogP contribution in [0.1, 0.15) is 23.7 Å². The van der Waals surface area contributed by atoms with Gasteiger partial charge in [0.1, 0.15) is 17.1 Å². The smallest absolute Gasteiger partial charge is 0.132 e. The molecule has 0 heterocycles. The maximum Gasteiger partial charge on any atom is 0.132 e. The summed E-state index contributed by atoms with van der Waals surface area (Å²) < 4.78 is 16.2. The largest absolute Gasteiger partial charge is 0.496 e. The Labute approximate surface area is 113 Å². The van der Waals surface area contributed by atoms with Gasteiger partial charge in [-0.25, -0.2) is 0 Å². The number of hydrogen-bond donors (Lipinski definition) is 1. The molecule has 4 heteroatoms. The van der Waals surface area contributed by atoms with E-state index >= 15 is 0 Å². The zero-order valence-electron chi connectivity index (χ0n) is 11.4. The molecule has 2 rings (SSSR count). The van der Waals surface area contributed by atoms with Crippen LogP contribution in [-0.2, 0) is 11.2 Å². The van der Waals surface area contributed by atoms with Crippen LogP contribution in [0.5, 0.6) is 11.5 Å². The van der Waals surface area contributed by atoms with Crippen LogP contribution in [0.2, 0.25) is 0 Å². The fourth-order valence-electron chi connectivity index (χ4n) is 2.61. The van der Waals surface area contributed by atoms with Gasteiger partial charge in [-0.05, 0) is 12.1 Å². The van der Waals surface area contributed by atoms with E-state index in [9.17, 15) is 5.11 Å². The lowest BCUT2D eigenvalue weighted by Gasteiger charge is -2.35. The first-order valence-electron chi connectivity index (χ1n) is 6.05. The summed E-state index contributed by atoms with van der Waals surface area (Å²) in [6.45, 7) is 0. The standard InChI is InChI=1S/C15H18O4/c1-5-15(16)8-10-11(17-2)6-7-12(18-3)14(10)13(9-15)19-4/h1,6-7,13,16H,8-9H2,2-4H3/t13-,15-/m0/s1. The Morgan fingerprint density at radius 2 is 1.89 bits per heavy atom. The van der Waals surface area contributed by atoms with Crippen molar-refractivity contribution in [2.75, 3.05) is 21.3 Å². The second-order valence-electron chi connectivity index (χ2n) is 4.64. The molecule has 0 aromatic heterocycles. The molecule has 1 aromatic rings. The Hall–Kier alpha value is -1.70. The van der Waals surface area contributed by atoms with Crippen molar-refractivity contribution in [3.63, 3.8) is 0 Å².